The van der Waals surface area contributed by atoms with Crippen molar-refractivity contribution in [1.82, 2.24) is 30.8 Å². The number of rotatable bonds is 11. The molecule has 0 spiro atoms. The fourth-order valence-electron chi connectivity index (χ4n) is 1.36. The fraction of sp³-hybridized carbons (Fsp3) is 0.727. The van der Waals surface area contributed by atoms with E-state index in [1.807, 2.05) is 6.07 Å². The third-order valence-corrected chi connectivity index (χ3v) is 3.33. The van der Waals surface area contributed by atoms with Crippen LogP contribution in [-0.4, -0.2) is 65.2 Å². The summed E-state index contributed by atoms with van der Waals surface area (Å²) in [6.07, 6.45) is 0.307. The molecule has 0 bridgehead atoms. The van der Waals surface area contributed by atoms with Crippen LogP contribution in [0, 0.1) is 11.3 Å². The maximum absolute atomic E-state index is 11.5. The van der Waals surface area contributed by atoms with Gasteiger partial charge in [-0.2, -0.15) is 5.26 Å². The van der Waals surface area contributed by atoms with Gasteiger partial charge in [-0.3, -0.25) is 4.79 Å². The number of carbonyl (C=O) groups excluding carboxylic acids is 1. The molecule has 116 valence electrons. The molecule has 0 aliphatic rings. The SMILES string of the molecule is COCCNCCn1nnnc1SCC(=O)NCCC#N. The highest BCUT2D eigenvalue weighted by atomic mass is 32.2. The third-order valence-electron chi connectivity index (χ3n) is 2.37. The molecule has 0 aliphatic carbocycles. The van der Waals surface area contributed by atoms with E-state index >= 15 is 0 Å². The summed E-state index contributed by atoms with van der Waals surface area (Å²) in [5.41, 5.74) is 0. The highest BCUT2D eigenvalue weighted by Gasteiger charge is 2.09. The lowest BCUT2D eigenvalue weighted by atomic mass is 10.4. The second-order valence-electron chi connectivity index (χ2n) is 3.97. The van der Waals surface area contributed by atoms with Crippen molar-refractivity contribution in [2.24, 2.45) is 0 Å². The predicted octanol–water partition coefficient (Wildman–Crippen LogP) is -0.969. The quantitative estimate of drug-likeness (QED) is 0.396. The summed E-state index contributed by atoms with van der Waals surface area (Å²) >= 11 is 1.27. The Hall–Kier alpha value is -1.70. The van der Waals surface area contributed by atoms with Crippen LogP contribution < -0.4 is 10.6 Å². The van der Waals surface area contributed by atoms with E-state index in [1.165, 1.54) is 11.8 Å². The van der Waals surface area contributed by atoms with Gasteiger partial charge in [0, 0.05) is 26.7 Å². The van der Waals surface area contributed by atoms with Gasteiger partial charge in [0.05, 0.1) is 31.4 Å². The number of amides is 1. The van der Waals surface area contributed by atoms with Crippen molar-refractivity contribution in [3.05, 3.63) is 0 Å². The molecular formula is C11H19N7O2S. The molecule has 21 heavy (non-hydrogen) atoms. The number of hydrogen-bond acceptors (Lipinski definition) is 8. The molecule has 9 nitrogen and oxygen atoms in total. The van der Waals surface area contributed by atoms with Gasteiger partial charge in [0.25, 0.3) is 0 Å². The summed E-state index contributed by atoms with van der Waals surface area (Å²) in [7, 11) is 1.65. The number of thioether (sulfide) groups is 1. The Kier molecular flexibility index (Phi) is 9.10. The fourth-order valence-corrected chi connectivity index (χ4v) is 2.10. The number of nitrogens with zero attached hydrogens (tertiary/aromatic N) is 5. The molecule has 1 aromatic heterocycles. The molecule has 1 amide bonds. The van der Waals surface area contributed by atoms with Gasteiger partial charge in [-0.1, -0.05) is 11.8 Å². The molecule has 1 heterocycles. The van der Waals surface area contributed by atoms with Crippen molar-refractivity contribution in [1.29, 1.82) is 5.26 Å². The predicted molar refractivity (Wildman–Crippen MR) is 76.5 cm³/mol. The molecular weight excluding hydrogens is 294 g/mol. The number of methoxy groups -OCH3 is 1. The number of nitrogens with one attached hydrogen (secondary N) is 2. The average molecular weight is 313 g/mol. The minimum atomic E-state index is -0.136. The van der Waals surface area contributed by atoms with E-state index in [4.69, 9.17) is 10.00 Å². The van der Waals surface area contributed by atoms with Gasteiger partial charge >= 0.3 is 0 Å². The maximum atomic E-state index is 11.5. The van der Waals surface area contributed by atoms with Crippen LogP contribution in [-0.2, 0) is 16.1 Å². The van der Waals surface area contributed by atoms with Gasteiger partial charge in [0.2, 0.25) is 11.1 Å². The van der Waals surface area contributed by atoms with Crippen LogP contribution in [0.2, 0.25) is 0 Å². The lowest BCUT2D eigenvalue weighted by Gasteiger charge is -2.06. The van der Waals surface area contributed by atoms with E-state index in [-0.39, 0.29) is 11.7 Å². The first-order valence-corrected chi connectivity index (χ1v) is 7.48. The topological polar surface area (TPSA) is 118 Å². The molecule has 0 aliphatic heterocycles. The zero-order chi connectivity index (χ0) is 15.3. The summed E-state index contributed by atoms with van der Waals surface area (Å²) in [5, 5.41) is 26.2. The second-order valence-corrected chi connectivity index (χ2v) is 4.92. The van der Waals surface area contributed by atoms with Crippen molar-refractivity contribution in [2.45, 2.75) is 18.1 Å². The van der Waals surface area contributed by atoms with E-state index in [9.17, 15) is 4.79 Å². The molecule has 1 rings (SSSR count). The van der Waals surface area contributed by atoms with Crippen LogP contribution >= 0.6 is 11.8 Å². The van der Waals surface area contributed by atoms with Crippen molar-refractivity contribution >= 4 is 17.7 Å². The number of ether oxygens (including phenoxy) is 1. The highest BCUT2D eigenvalue weighted by molar-refractivity contribution is 7.99. The smallest absolute Gasteiger partial charge is 0.230 e. The number of nitriles is 1. The number of hydrogen-bond donors (Lipinski definition) is 2. The Morgan fingerprint density at radius 3 is 3.10 bits per heavy atom. The standard InChI is InChI=1S/C11H19N7O2S/c1-20-8-6-13-5-7-18-11(15-16-17-18)21-9-10(19)14-4-2-3-12/h13H,2,4-9H2,1H3,(H,14,19). The summed E-state index contributed by atoms with van der Waals surface area (Å²) < 4.78 is 6.58. The van der Waals surface area contributed by atoms with Crippen LogP contribution in [0.15, 0.2) is 5.16 Å². The molecule has 0 saturated carbocycles. The van der Waals surface area contributed by atoms with Crippen molar-refractivity contribution < 1.29 is 9.53 Å². The van der Waals surface area contributed by atoms with Crippen LogP contribution in [0.5, 0.6) is 0 Å². The Bertz CT molecular complexity index is 460. The van der Waals surface area contributed by atoms with Gasteiger partial charge in [0.1, 0.15) is 0 Å². The normalized spacial score (nSPS) is 10.3. The largest absolute Gasteiger partial charge is 0.383 e. The average Bonchev–Trinajstić information content (AvgIpc) is 2.93. The van der Waals surface area contributed by atoms with E-state index in [0.29, 0.717) is 31.3 Å². The van der Waals surface area contributed by atoms with Gasteiger partial charge in [-0.25, -0.2) is 4.68 Å². The van der Waals surface area contributed by atoms with Crippen LogP contribution in [0.4, 0.5) is 0 Å². The molecule has 0 radical (unpaired) electrons. The minimum Gasteiger partial charge on any atom is -0.383 e. The molecule has 10 heteroatoms. The molecule has 0 saturated heterocycles. The highest BCUT2D eigenvalue weighted by Crippen LogP contribution is 2.12. The van der Waals surface area contributed by atoms with Crippen LogP contribution in [0.1, 0.15) is 6.42 Å². The van der Waals surface area contributed by atoms with E-state index in [1.54, 1.807) is 11.8 Å². The minimum absolute atomic E-state index is 0.136. The zero-order valence-corrected chi connectivity index (χ0v) is 12.7. The first-order valence-electron chi connectivity index (χ1n) is 6.50. The van der Waals surface area contributed by atoms with Crippen LogP contribution in [0.3, 0.4) is 0 Å². The summed E-state index contributed by atoms with van der Waals surface area (Å²) in [6.45, 7) is 3.12. The van der Waals surface area contributed by atoms with E-state index in [0.717, 1.165) is 13.1 Å². The molecule has 0 atom stereocenters. The first kappa shape index (κ1) is 17.4. The lowest BCUT2D eigenvalue weighted by molar-refractivity contribution is -0.118. The van der Waals surface area contributed by atoms with Crippen molar-refractivity contribution in [2.75, 3.05) is 39.1 Å². The van der Waals surface area contributed by atoms with E-state index < -0.39 is 0 Å². The zero-order valence-electron chi connectivity index (χ0n) is 11.9. The monoisotopic (exact) mass is 313 g/mol. The maximum Gasteiger partial charge on any atom is 0.230 e. The third kappa shape index (κ3) is 7.60. The molecule has 0 unspecified atom stereocenters. The summed E-state index contributed by atoms with van der Waals surface area (Å²) in [5.74, 6) is 0.0890. The summed E-state index contributed by atoms with van der Waals surface area (Å²) in [4.78, 5) is 11.5. The Morgan fingerprint density at radius 1 is 1.48 bits per heavy atom. The van der Waals surface area contributed by atoms with E-state index in [2.05, 4.69) is 26.2 Å². The first-order chi connectivity index (χ1) is 10.3. The Labute approximate surface area is 127 Å². The van der Waals surface area contributed by atoms with Crippen molar-refractivity contribution in [3.63, 3.8) is 0 Å². The lowest BCUT2D eigenvalue weighted by Crippen LogP contribution is -2.26. The van der Waals surface area contributed by atoms with Gasteiger partial charge in [-0.15, -0.1) is 5.10 Å². The molecule has 0 aromatic carbocycles. The van der Waals surface area contributed by atoms with Gasteiger partial charge in [0.15, 0.2) is 0 Å². The second kappa shape index (κ2) is 11.0. The number of carbonyl (C=O) groups is 1. The molecule has 2 N–H and O–H groups in total. The Morgan fingerprint density at radius 2 is 2.33 bits per heavy atom. The number of aromatic nitrogens is 4. The summed E-state index contributed by atoms with van der Waals surface area (Å²) in [6, 6.07) is 1.97. The molecule has 0 fully saturated rings. The van der Waals surface area contributed by atoms with Crippen molar-refractivity contribution in [3.8, 4) is 6.07 Å². The number of tetrazole rings is 1. The van der Waals surface area contributed by atoms with Gasteiger partial charge < -0.3 is 15.4 Å². The molecule has 1 aromatic rings. The van der Waals surface area contributed by atoms with Crippen LogP contribution in [0.25, 0.3) is 0 Å². The Balaban J connectivity index is 2.25. The van der Waals surface area contributed by atoms with Gasteiger partial charge in [-0.05, 0) is 10.4 Å².